The fourth-order valence-corrected chi connectivity index (χ4v) is 4.43. The minimum absolute atomic E-state index is 0.373. The molecule has 0 unspecified atom stereocenters. The highest BCUT2D eigenvalue weighted by Gasteiger charge is 2.42. The number of nitrogens with one attached hydrogen (secondary N) is 1. The Morgan fingerprint density at radius 1 is 1.19 bits per heavy atom. The summed E-state index contributed by atoms with van der Waals surface area (Å²) in [4.78, 5) is 15.5. The predicted octanol–water partition coefficient (Wildman–Crippen LogP) is 3.54. The Labute approximate surface area is 163 Å². The lowest BCUT2D eigenvalue weighted by Gasteiger charge is -2.39. The summed E-state index contributed by atoms with van der Waals surface area (Å²) in [6, 6.07) is 17.2. The van der Waals surface area contributed by atoms with Crippen LogP contribution in [0.1, 0.15) is 12.8 Å². The summed E-state index contributed by atoms with van der Waals surface area (Å²) in [6.45, 7) is 2.00. The van der Waals surface area contributed by atoms with Crippen LogP contribution in [0.2, 0.25) is 0 Å². The number of likely N-dealkylation sites (tertiary alicyclic amines) is 1. The van der Waals surface area contributed by atoms with E-state index >= 15 is 0 Å². The molecule has 1 aliphatic rings. The van der Waals surface area contributed by atoms with Gasteiger partial charge in [0, 0.05) is 18.0 Å². The highest BCUT2D eigenvalue weighted by Crippen LogP contribution is 2.42. The molecule has 5 nitrogen and oxygen atoms in total. The van der Waals surface area contributed by atoms with Crippen LogP contribution in [0, 0.1) is 12.3 Å². The van der Waals surface area contributed by atoms with Gasteiger partial charge in [0.2, 0.25) is 0 Å². The minimum atomic E-state index is -0.731. The topological polar surface area (TPSA) is 61.8 Å². The van der Waals surface area contributed by atoms with E-state index in [2.05, 4.69) is 10.8 Å². The maximum Gasteiger partial charge on any atom is 0.260 e. The minimum Gasteiger partial charge on any atom is -0.457 e. The van der Waals surface area contributed by atoms with E-state index in [0.29, 0.717) is 38.2 Å². The second-order valence-corrected chi connectivity index (χ2v) is 7.86. The molecule has 3 rings (SSSR count). The van der Waals surface area contributed by atoms with Gasteiger partial charge < -0.3 is 4.74 Å². The quantitative estimate of drug-likeness (QED) is 0.455. The first-order valence-corrected chi connectivity index (χ1v) is 9.59. The molecule has 140 valence electrons. The number of carbonyl (C=O) groups excluding carboxylic acids is 1. The summed E-state index contributed by atoms with van der Waals surface area (Å²) in [5, 5.41) is 9.27. The van der Waals surface area contributed by atoms with E-state index in [1.807, 2.05) is 60.1 Å². The van der Waals surface area contributed by atoms with Gasteiger partial charge in [-0.25, -0.2) is 5.48 Å². The van der Waals surface area contributed by atoms with Crippen LogP contribution in [-0.4, -0.2) is 40.4 Å². The smallest absolute Gasteiger partial charge is 0.260 e. The van der Waals surface area contributed by atoms with Crippen molar-refractivity contribution < 1.29 is 14.7 Å². The van der Waals surface area contributed by atoms with Crippen LogP contribution in [0.15, 0.2) is 59.5 Å². The Morgan fingerprint density at radius 2 is 1.89 bits per heavy atom. The number of para-hydroxylation sites is 1. The number of nitrogens with zero attached hydrogens (tertiary/aromatic N) is 1. The van der Waals surface area contributed by atoms with Crippen LogP contribution in [-0.2, 0) is 4.79 Å². The Balaban J connectivity index is 1.76. The van der Waals surface area contributed by atoms with Crippen molar-refractivity contribution in [1.82, 2.24) is 10.4 Å². The van der Waals surface area contributed by atoms with E-state index in [1.165, 1.54) is 11.8 Å². The zero-order valence-electron chi connectivity index (χ0n) is 14.9. The van der Waals surface area contributed by atoms with E-state index in [0.717, 1.165) is 10.6 Å². The van der Waals surface area contributed by atoms with E-state index < -0.39 is 4.75 Å². The second-order valence-electron chi connectivity index (χ2n) is 6.41. The summed E-state index contributed by atoms with van der Waals surface area (Å²) in [5.41, 5.74) is 1.85. The van der Waals surface area contributed by atoms with Crippen molar-refractivity contribution in [2.24, 2.45) is 0 Å². The summed E-state index contributed by atoms with van der Waals surface area (Å²) >= 11 is 1.46. The van der Waals surface area contributed by atoms with Crippen molar-refractivity contribution in [3.8, 4) is 23.8 Å². The third kappa shape index (κ3) is 4.83. The summed E-state index contributed by atoms with van der Waals surface area (Å²) in [7, 11) is 0. The molecule has 1 aliphatic heterocycles. The summed E-state index contributed by atoms with van der Waals surface area (Å²) in [6.07, 6.45) is 6.60. The third-order valence-electron chi connectivity index (χ3n) is 4.59. The lowest BCUT2D eigenvalue weighted by atomic mass is 9.95. The van der Waals surface area contributed by atoms with Gasteiger partial charge in [0.15, 0.2) is 0 Å². The Bertz CT molecular complexity index is 812. The third-order valence-corrected chi connectivity index (χ3v) is 6.07. The van der Waals surface area contributed by atoms with E-state index in [1.54, 1.807) is 0 Å². The molecule has 2 aromatic rings. The molecule has 2 aromatic carbocycles. The van der Waals surface area contributed by atoms with E-state index in [9.17, 15) is 10.0 Å². The van der Waals surface area contributed by atoms with Crippen molar-refractivity contribution in [1.29, 1.82) is 0 Å². The van der Waals surface area contributed by atoms with Crippen molar-refractivity contribution in [2.75, 3.05) is 19.6 Å². The molecule has 6 heteroatoms. The van der Waals surface area contributed by atoms with Crippen molar-refractivity contribution >= 4 is 17.7 Å². The van der Waals surface area contributed by atoms with Crippen LogP contribution >= 0.6 is 11.8 Å². The summed E-state index contributed by atoms with van der Waals surface area (Å²) < 4.78 is 5.15. The molecular formula is C21H22N2O3S. The van der Waals surface area contributed by atoms with Gasteiger partial charge >= 0.3 is 0 Å². The number of hydrogen-bond acceptors (Lipinski definition) is 5. The maximum absolute atomic E-state index is 12.5. The van der Waals surface area contributed by atoms with Gasteiger partial charge in [0.05, 0.1) is 6.54 Å². The molecule has 1 amide bonds. The zero-order chi connectivity index (χ0) is 19.1. The number of hydroxylamine groups is 1. The van der Waals surface area contributed by atoms with Crippen LogP contribution in [0.5, 0.6) is 11.5 Å². The van der Waals surface area contributed by atoms with Gasteiger partial charge in [-0.3, -0.25) is 14.9 Å². The average Bonchev–Trinajstić information content (AvgIpc) is 2.70. The number of terminal acetylenes is 1. The molecule has 0 radical (unpaired) electrons. The van der Waals surface area contributed by atoms with Gasteiger partial charge in [-0.05, 0) is 43.2 Å². The molecule has 0 aliphatic carbocycles. The van der Waals surface area contributed by atoms with Crippen LogP contribution < -0.4 is 10.2 Å². The number of ether oxygens (including phenoxy) is 1. The number of benzene rings is 2. The molecule has 2 N–H and O–H groups in total. The molecule has 0 saturated carbocycles. The molecule has 0 atom stereocenters. The van der Waals surface area contributed by atoms with Crippen LogP contribution in [0.4, 0.5) is 0 Å². The SMILES string of the molecule is C#CCN1CCC(Sc2cccc(Oc3ccccc3)c2)(C(=O)NO)CC1. The number of carbonyl (C=O) groups is 1. The largest absolute Gasteiger partial charge is 0.457 e. The standard InChI is InChI=1S/C21H22N2O3S/c1-2-13-23-14-11-21(12-15-23,20(24)22-25)27-19-10-6-9-18(16-19)26-17-7-4-3-5-8-17/h1,3-10,16,25H,11-15H2,(H,22,24). The molecular weight excluding hydrogens is 360 g/mol. The number of hydrogen-bond donors (Lipinski definition) is 2. The molecule has 1 saturated heterocycles. The van der Waals surface area contributed by atoms with Crippen molar-refractivity contribution in [3.63, 3.8) is 0 Å². The first-order chi connectivity index (χ1) is 13.1. The van der Waals surface area contributed by atoms with Gasteiger partial charge in [-0.2, -0.15) is 0 Å². The van der Waals surface area contributed by atoms with Gasteiger partial charge in [-0.1, -0.05) is 30.2 Å². The number of rotatable bonds is 6. The molecule has 0 aromatic heterocycles. The fraction of sp³-hybridized carbons (Fsp3) is 0.286. The number of piperidine rings is 1. The average molecular weight is 382 g/mol. The van der Waals surface area contributed by atoms with Gasteiger partial charge in [0.1, 0.15) is 16.2 Å². The number of thioether (sulfide) groups is 1. The van der Waals surface area contributed by atoms with Crippen molar-refractivity contribution in [3.05, 3.63) is 54.6 Å². The highest BCUT2D eigenvalue weighted by atomic mass is 32.2. The zero-order valence-corrected chi connectivity index (χ0v) is 15.7. The van der Waals surface area contributed by atoms with Crippen LogP contribution in [0.25, 0.3) is 0 Å². The van der Waals surface area contributed by atoms with E-state index in [4.69, 9.17) is 11.2 Å². The monoisotopic (exact) mass is 382 g/mol. The first kappa shape index (κ1) is 19.3. The van der Waals surface area contributed by atoms with Gasteiger partial charge in [-0.15, -0.1) is 18.2 Å². The fourth-order valence-electron chi connectivity index (χ4n) is 3.13. The van der Waals surface area contributed by atoms with Gasteiger partial charge in [0.25, 0.3) is 5.91 Å². The predicted molar refractivity (Wildman–Crippen MR) is 106 cm³/mol. The normalized spacial score (nSPS) is 16.3. The highest BCUT2D eigenvalue weighted by molar-refractivity contribution is 8.01. The van der Waals surface area contributed by atoms with Crippen molar-refractivity contribution in [2.45, 2.75) is 22.5 Å². The first-order valence-electron chi connectivity index (χ1n) is 8.77. The molecule has 27 heavy (non-hydrogen) atoms. The second kappa shape index (κ2) is 8.96. The molecule has 0 spiro atoms. The molecule has 0 bridgehead atoms. The van der Waals surface area contributed by atoms with E-state index in [-0.39, 0.29) is 5.91 Å². The Morgan fingerprint density at radius 3 is 2.56 bits per heavy atom. The Hall–Kier alpha value is -2.46. The lowest BCUT2D eigenvalue weighted by Crippen LogP contribution is -2.51. The lowest BCUT2D eigenvalue weighted by molar-refractivity contribution is -0.132. The summed E-state index contributed by atoms with van der Waals surface area (Å²) in [5.74, 6) is 3.73. The Kier molecular flexibility index (Phi) is 6.40. The van der Waals surface area contributed by atoms with Crippen LogP contribution in [0.3, 0.4) is 0 Å². The molecule has 1 heterocycles. The molecule has 1 fully saturated rings. The maximum atomic E-state index is 12.5. The number of amides is 1.